The minimum Gasteiger partial charge on any atom is -0.465 e. The van der Waals surface area contributed by atoms with Gasteiger partial charge in [-0.3, -0.25) is 4.79 Å². The number of fused-ring (bicyclic) bond motifs is 3. The summed E-state index contributed by atoms with van der Waals surface area (Å²) < 4.78 is 11.8. The molecule has 1 atom stereocenters. The van der Waals surface area contributed by atoms with Crippen LogP contribution in [0.5, 0.6) is 0 Å². The van der Waals surface area contributed by atoms with Crippen molar-refractivity contribution >= 4 is 45.5 Å². The number of benzene rings is 2. The fourth-order valence-corrected chi connectivity index (χ4v) is 3.46. The van der Waals surface area contributed by atoms with Crippen molar-refractivity contribution in [1.29, 1.82) is 0 Å². The van der Waals surface area contributed by atoms with Crippen LogP contribution < -0.4 is 0 Å². The molecule has 0 aliphatic rings. The van der Waals surface area contributed by atoms with E-state index in [-0.39, 0.29) is 13.2 Å². The van der Waals surface area contributed by atoms with Crippen molar-refractivity contribution in [2.24, 2.45) is 0 Å². The van der Waals surface area contributed by atoms with E-state index in [1.54, 1.807) is 51.1 Å². The summed E-state index contributed by atoms with van der Waals surface area (Å²) in [6.45, 7) is 5.06. The van der Waals surface area contributed by atoms with Crippen LogP contribution in [-0.4, -0.2) is 41.6 Å². The minimum atomic E-state index is -1.25. The number of carbonyl (C=O) groups is 2. The Bertz CT molecular complexity index is 1060. The highest BCUT2D eigenvalue weighted by Crippen LogP contribution is 2.35. The molecule has 0 amide bonds. The van der Waals surface area contributed by atoms with Crippen LogP contribution >= 0.6 is 11.6 Å². The summed E-state index contributed by atoms with van der Waals surface area (Å²) >= 11 is 6.15. The molecule has 28 heavy (non-hydrogen) atoms. The first kappa shape index (κ1) is 20.2. The Morgan fingerprint density at radius 2 is 1.75 bits per heavy atom. The van der Waals surface area contributed by atoms with Gasteiger partial charge in [0.1, 0.15) is 5.41 Å². The summed E-state index contributed by atoms with van der Waals surface area (Å²) in [6, 6.07) is 10.5. The summed E-state index contributed by atoms with van der Waals surface area (Å²) in [5, 5.41) is 12.1. The van der Waals surface area contributed by atoms with Crippen LogP contribution in [0.15, 0.2) is 36.4 Å². The van der Waals surface area contributed by atoms with E-state index in [2.05, 4.69) is 0 Å². The van der Waals surface area contributed by atoms with E-state index in [1.165, 1.54) is 4.57 Å². The van der Waals surface area contributed by atoms with Crippen molar-refractivity contribution in [1.82, 2.24) is 4.57 Å². The first-order chi connectivity index (χ1) is 13.4. The summed E-state index contributed by atoms with van der Waals surface area (Å²) in [5.74, 6) is -0.529. The smallest absolute Gasteiger partial charge is 0.418 e. The first-order valence-corrected chi connectivity index (χ1v) is 9.44. The molecular formula is C21H22ClNO5. The maximum atomic E-state index is 12.7. The lowest BCUT2D eigenvalue weighted by Gasteiger charge is -2.25. The van der Waals surface area contributed by atoms with E-state index in [0.717, 1.165) is 10.8 Å². The molecule has 0 saturated heterocycles. The lowest BCUT2D eigenvalue weighted by atomic mass is 9.83. The predicted octanol–water partition coefficient (Wildman–Crippen LogP) is 4.27. The molecule has 0 aliphatic heterocycles. The van der Waals surface area contributed by atoms with Crippen LogP contribution in [0, 0.1) is 0 Å². The highest BCUT2D eigenvalue weighted by atomic mass is 35.5. The number of carbonyl (C=O) groups excluding carboxylic acids is 2. The van der Waals surface area contributed by atoms with Crippen molar-refractivity contribution in [3.8, 4) is 0 Å². The van der Waals surface area contributed by atoms with E-state index in [0.29, 0.717) is 21.6 Å². The molecule has 0 fully saturated rings. The molecule has 6 nitrogen and oxygen atoms in total. The number of halogens is 1. The Labute approximate surface area is 167 Å². The second-order valence-electron chi connectivity index (χ2n) is 6.64. The van der Waals surface area contributed by atoms with Crippen LogP contribution in [0.1, 0.15) is 26.3 Å². The van der Waals surface area contributed by atoms with Gasteiger partial charge in [-0.05, 0) is 50.6 Å². The molecule has 0 bridgehead atoms. The van der Waals surface area contributed by atoms with Crippen molar-refractivity contribution < 1.29 is 24.2 Å². The Morgan fingerprint density at radius 1 is 1.04 bits per heavy atom. The highest BCUT2D eigenvalue weighted by Gasteiger charge is 2.37. The topological polar surface area (TPSA) is 77.8 Å². The fraction of sp³-hybridized carbons (Fsp3) is 0.333. The summed E-state index contributed by atoms with van der Waals surface area (Å²) in [6.07, 6.45) is -0.524. The molecule has 0 spiro atoms. The zero-order valence-corrected chi connectivity index (χ0v) is 16.7. The van der Waals surface area contributed by atoms with Gasteiger partial charge >= 0.3 is 12.1 Å². The second kappa shape index (κ2) is 7.81. The van der Waals surface area contributed by atoms with E-state index >= 15 is 0 Å². The number of aliphatic hydroxyl groups excluding tert-OH is 1. The normalized spacial score (nSPS) is 13.5. The van der Waals surface area contributed by atoms with Gasteiger partial charge in [-0.2, -0.15) is 0 Å². The number of esters is 1. The van der Waals surface area contributed by atoms with E-state index < -0.39 is 24.1 Å². The SMILES string of the molecule is CCOC(=O)n1c2ccc(Cl)cc2c2ccc([C@@](C)(CO)C(=O)OCC)cc21. The molecule has 0 radical (unpaired) electrons. The lowest BCUT2D eigenvalue weighted by Crippen LogP contribution is -2.38. The average molecular weight is 404 g/mol. The third-order valence-corrected chi connectivity index (χ3v) is 5.09. The van der Waals surface area contributed by atoms with Gasteiger partial charge in [0.15, 0.2) is 0 Å². The molecule has 0 saturated carbocycles. The van der Waals surface area contributed by atoms with E-state index in [4.69, 9.17) is 21.1 Å². The van der Waals surface area contributed by atoms with Crippen LogP contribution in [0.4, 0.5) is 4.79 Å². The molecule has 1 N–H and O–H groups in total. The Kier molecular flexibility index (Phi) is 5.63. The number of hydrogen-bond acceptors (Lipinski definition) is 5. The second-order valence-corrected chi connectivity index (χ2v) is 7.07. The van der Waals surface area contributed by atoms with Gasteiger partial charge in [0.05, 0.1) is 30.9 Å². The third kappa shape index (κ3) is 3.23. The van der Waals surface area contributed by atoms with Crippen molar-refractivity contribution in [2.45, 2.75) is 26.2 Å². The number of ether oxygens (including phenoxy) is 2. The standard InChI is InChI=1S/C21H22ClNO5/c1-4-27-19(25)21(3,12-24)13-6-8-15-16-11-14(22)7-9-17(16)23(18(15)10-13)20(26)28-5-2/h6-11,24H,4-5,12H2,1-3H3/t21-/m1/s1. The number of nitrogens with zero attached hydrogens (tertiary/aromatic N) is 1. The highest BCUT2D eigenvalue weighted by molar-refractivity contribution is 6.32. The number of hydrogen-bond donors (Lipinski definition) is 1. The maximum absolute atomic E-state index is 12.7. The number of aromatic nitrogens is 1. The molecule has 1 heterocycles. The number of rotatable bonds is 5. The van der Waals surface area contributed by atoms with E-state index in [1.807, 2.05) is 6.07 Å². The average Bonchev–Trinajstić information content (AvgIpc) is 3.00. The molecule has 0 unspecified atom stereocenters. The molecule has 0 aliphatic carbocycles. The van der Waals surface area contributed by atoms with Crippen molar-refractivity contribution in [2.75, 3.05) is 19.8 Å². The Balaban J connectivity index is 2.31. The van der Waals surface area contributed by atoms with E-state index in [9.17, 15) is 14.7 Å². The third-order valence-electron chi connectivity index (χ3n) is 4.86. The van der Waals surface area contributed by atoms with Crippen LogP contribution in [-0.2, 0) is 19.7 Å². The minimum absolute atomic E-state index is 0.207. The van der Waals surface area contributed by atoms with Crippen LogP contribution in [0.2, 0.25) is 5.02 Å². The summed E-state index contributed by atoms with van der Waals surface area (Å²) in [5.41, 5.74) is 0.507. The van der Waals surface area contributed by atoms with Crippen molar-refractivity contribution in [3.63, 3.8) is 0 Å². The molecule has 3 aromatic rings. The van der Waals surface area contributed by atoms with Gasteiger partial charge in [-0.15, -0.1) is 0 Å². The maximum Gasteiger partial charge on any atom is 0.418 e. The molecule has 148 valence electrons. The molecule has 2 aromatic carbocycles. The van der Waals surface area contributed by atoms with Gasteiger partial charge < -0.3 is 14.6 Å². The van der Waals surface area contributed by atoms with Gasteiger partial charge in [0.25, 0.3) is 0 Å². The van der Waals surface area contributed by atoms with Gasteiger partial charge in [-0.1, -0.05) is 23.7 Å². The monoisotopic (exact) mass is 403 g/mol. The van der Waals surface area contributed by atoms with Gasteiger partial charge in [-0.25, -0.2) is 9.36 Å². The Morgan fingerprint density at radius 3 is 2.39 bits per heavy atom. The zero-order chi connectivity index (χ0) is 20.5. The number of aliphatic hydroxyl groups is 1. The molecule has 1 aromatic heterocycles. The molecule has 7 heteroatoms. The van der Waals surface area contributed by atoms with Gasteiger partial charge in [0.2, 0.25) is 0 Å². The summed E-state index contributed by atoms with van der Waals surface area (Å²) in [7, 11) is 0. The molecular weight excluding hydrogens is 382 g/mol. The van der Waals surface area contributed by atoms with Gasteiger partial charge in [0, 0.05) is 15.8 Å². The predicted molar refractivity (Wildman–Crippen MR) is 108 cm³/mol. The van der Waals surface area contributed by atoms with Crippen LogP contribution in [0.3, 0.4) is 0 Å². The largest absolute Gasteiger partial charge is 0.465 e. The Hall–Kier alpha value is -2.57. The molecule has 3 rings (SSSR count). The first-order valence-electron chi connectivity index (χ1n) is 9.06. The zero-order valence-electron chi connectivity index (χ0n) is 16.0. The summed E-state index contributed by atoms with van der Waals surface area (Å²) in [4.78, 5) is 25.1. The quantitative estimate of drug-likeness (QED) is 0.644. The van der Waals surface area contributed by atoms with Crippen molar-refractivity contribution in [3.05, 3.63) is 47.0 Å². The van der Waals surface area contributed by atoms with Crippen LogP contribution in [0.25, 0.3) is 21.8 Å². The fourth-order valence-electron chi connectivity index (χ4n) is 3.29. The lowest BCUT2D eigenvalue weighted by molar-refractivity contribution is -0.151.